The average Bonchev–Trinajstić information content (AvgIpc) is 2.84. The first-order valence-electron chi connectivity index (χ1n) is 11.6. The highest BCUT2D eigenvalue weighted by Gasteiger charge is 2.22. The standard InChI is InChI=1S/C29H35NO4/c1-5-27(21-6-12-24(13-7-21)29(2,33)20-31)28(22-8-14-25(32)15-9-22)23-10-16-26(17-11-23)34-19-18-30(3)4/h6-17,31-33H,5,18-20H2,1-4H3/b28-27-. The molecule has 5 nitrogen and oxygen atoms in total. The number of aliphatic hydroxyl groups is 2. The number of aromatic hydroxyl groups is 1. The number of phenolic OH excluding ortho intramolecular Hbond substituents is 1. The van der Waals surface area contributed by atoms with E-state index in [2.05, 4.69) is 24.0 Å². The summed E-state index contributed by atoms with van der Waals surface area (Å²) in [5, 5.41) is 29.7. The summed E-state index contributed by atoms with van der Waals surface area (Å²) in [5.41, 5.74) is 4.69. The van der Waals surface area contributed by atoms with Crippen molar-refractivity contribution in [2.24, 2.45) is 0 Å². The number of allylic oxidation sites excluding steroid dienone is 1. The molecule has 180 valence electrons. The zero-order valence-electron chi connectivity index (χ0n) is 20.5. The van der Waals surface area contributed by atoms with Crippen LogP contribution >= 0.6 is 0 Å². The second-order valence-electron chi connectivity index (χ2n) is 8.94. The van der Waals surface area contributed by atoms with Crippen molar-refractivity contribution in [3.63, 3.8) is 0 Å². The van der Waals surface area contributed by atoms with E-state index in [-0.39, 0.29) is 12.4 Å². The lowest BCUT2D eigenvalue weighted by atomic mass is 9.87. The topological polar surface area (TPSA) is 73.2 Å². The van der Waals surface area contributed by atoms with Gasteiger partial charge in [-0.15, -0.1) is 0 Å². The zero-order chi connectivity index (χ0) is 24.7. The van der Waals surface area contributed by atoms with E-state index < -0.39 is 5.60 Å². The van der Waals surface area contributed by atoms with E-state index in [9.17, 15) is 15.3 Å². The molecule has 3 N–H and O–H groups in total. The fourth-order valence-electron chi connectivity index (χ4n) is 3.85. The lowest BCUT2D eigenvalue weighted by Crippen LogP contribution is -2.25. The minimum atomic E-state index is -1.28. The molecular formula is C29H35NO4. The molecule has 0 spiro atoms. The first-order chi connectivity index (χ1) is 16.2. The molecule has 0 aliphatic heterocycles. The van der Waals surface area contributed by atoms with Gasteiger partial charge in [0.2, 0.25) is 0 Å². The molecule has 0 fully saturated rings. The smallest absolute Gasteiger partial charge is 0.119 e. The summed E-state index contributed by atoms with van der Waals surface area (Å²) in [6.45, 7) is 4.84. The normalized spacial score (nSPS) is 14.0. The summed E-state index contributed by atoms with van der Waals surface area (Å²) in [6.07, 6.45) is 0.785. The van der Waals surface area contributed by atoms with E-state index in [0.29, 0.717) is 12.2 Å². The number of likely N-dealkylation sites (N-methyl/N-ethyl adjacent to an activating group) is 1. The van der Waals surface area contributed by atoms with Gasteiger partial charge in [-0.25, -0.2) is 0 Å². The van der Waals surface area contributed by atoms with E-state index >= 15 is 0 Å². The number of nitrogens with zero attached hydrogens (tertiary/aromatic N) is 1. The third-order valence-electron chi connectivity index (χ3n) is 5.92. The van der Waals surface area contributed by atoms with Crippen molar-refractivity contribution in [1.82, 2.24) is 4.90 Å². The Hall–Kier alpha value is -3.12. The maximum absolute atomic E-state index is 10.4. The minimum Gasteiger partial charge on any atom is -0.508 e. The van der Waals surface area contributed by atoms with Gasteiger partial charge in [-0.1, -0.05) is 55.5 Å². The molecule has 0 saturated carbocycles. The molecule has 34 heavy (non-hydrogen) atoms. The zero-order valence-corrected chi connectivity index (χ0v) is 20.5. The molecule has 0 heterocycles. The quantitative estimate of drug-likeness (QED) is 0.375. The first kappa shape index (κ1) is 25.5. The van der Waals surface area contributed by atoms with Crippen LogP contribution in [0.3, 0.4) is 0 Å². The van der Waals surface area contributed by atoms with Gasteiger partial charge in [0.1, 0.15) is 23.7 Å². The van der Waals surface area contributed by atoms with Crippen LogP contribution in [0.25, 0.3) is 11.1 Å². The van der Waals surface area contributed by atoms with Gasteiger partial charge in [-0.3, -0.25) is 0 Å². The molecule has 0 aromatic heterocycles. The number of phenols is 1. The van der Waals surface area contributed by atoms with Crippen LogP contribution in [0, 0.1) is 0 Å². The third-order valence-corrected chi connectivity index (χ3v) is 5.92. The number of hydrogen-bond acceptors (Lipinski definition) is 5. The van der Waals surface area contributed by atoms with Crippen molar-refractivity contribution >= 4 is 11.1 Å². The Labute approximate surface area is 202 Å². The molecule has 3 rings (SSSR count). The van der Waals surface area contributed by atoms with Gasteiger partial charge in [0.15, 0.2) is 0 Å². The molecular weight excluding hydrogens is 426 g/mol. The molecule has 0 saturated heterocycles. The van der Waals surface area contributed by atoms with Crippen molar-refractivity contribution in [1.29, 1.82) is 0 Å². The Balaban J connectivity index is 2.05. The fraction of sp³-hybridized carbons (Fsp3) is 0.310. The van der Waals surface area contributed by atoms with E-state index in [1.54, 1.807) is 19.1 Å². The number of hydrogen-bond donors (Lipinski definition) is 3. The summed E-state index contributed by atoms with van der Waals surface area (Å²) in [5.74, 6) is 1.05. The van der Waals surface area contributed by atoms with Crippen molar-refractivity contribution < 1.29 is 20.1 Å². The predicted molar refractivity (Wildman–Crippen MR) is 138 cm³/mol. The summed E-state index contributed by atoms with van der Waals surface area (Å²) in [4.78, 5) is 2.08. The minimum absolute atomic E-state index is 0.223. The second kappa shape index (κ2) is 11.3. The van der Waals surface area contributed by atoms with Crippen LogP contribution in [-0.2, 0) is 5.60 Å². The molecule has 1 atom stereocenters. The fourth-order valence-corrected chi connectivity index (χ4v) is 3.85. The Morgan fingerprint density at radius 1 is 0.853 bits per heavy atom. The lowest BCUT2D eigenvalue weighted by molar-refractivity contribution is -0.00228. The maximum atomic E-state index is 10.4. The average molecular weight is 462 g/mol. The number of rotatable bonds is 10. The molecule has 5 heteroatoms. The Kier molecular flexibility index (Phi) is 8.51. The van der Waals surface area contributed by atoms with Crippen LogP contribution in [0.1, 0.15) is 42.5 Å². The van der Waals surface area contributed by atoms with Crippen molar-refractivity contribution in [3.05, 3.63) is 95.1 Å². The van der Waals surface area contributed by atoms with Crippen LogP contribution in [0.4, 0.5) is 0 Å². The van der Waals surface area contributed by atoms with E-state index in [1.807, 2.05) is 62.6 Å². The molecule has 0 radical (unpaired) electrons. The monoisotopic (exact) mass is 461 g/mol. The van der Waals surface area contributed by atoms with Gasteiger partial charge >= 0.3 is 0 Å². The Morgan fingerprint density at radius 2 is 1.38 bits per heavy atom. The van der Waals surface area contributed by atoms with Gasteiger partial charge in [-0.2, -0.15) is 0 Å². The molecule has 0 aliphatic rings. The van der Waals surface area contributed by atoms with Crippen LogP contribution in [0.2, 0.25) is 0 Å². The number of aliphatic hydroxyl groups excluding tert-OH is 1. The maximum Gasteiger partial charge on any atom is 0.119 e. The van der Waals surface area contributed by atoms with Gasteiger partial charge < -0.3 is 25.0 Å². The van der Waals surface area contributed by atoms with E-state index in [0.717, 1.165) is 46.6 Å². The van der Waals surface area contributed by atoms with Crippen LogP contribution < -0.4 is 4.74 Å². The highest BCUT2D eigenvalue weighted by Crippen LogP contribution is 2.36. The Bertz CT molecular complexity index is 1080. The highest BCUT2D eigenvalue weighted by molar-refractivity contribution is 5.98. The molecule has 0 bridgehead atoms. The van der Waals surface area contributed by atoms with Gasteiger partial charge in [0.05, 0.1) is 6.61 Å². The molecule has 0 aliphatic carbocycles. The van der Waals surface area contributed by atoms with Gasteiger partial charge in [0.25, 0.3) is 0 Å². The van der Waals surface area contributed by atoms with Crippen LogP contribution in [0.15, 0.2) is 72.8 Å². The number of benzene rings is 3. The van der Waals surface area contributed by atoms with Crippen LogP contribution in [0.5, 0.6) is 11.5 Å². The second-order valence-corrected chi connectivity index (χ2v) is 8.94. The summed E-state index contributed by atoms with van der Waals surface area (Å²) < 4.78 is 5.87. The molecule has 3 aromatic carbocycles. The predicted octanol–water partition coefficient (Wildman–Crippen LogP) is 4.90. The largest absolute Gasteiger partial charge is 0.508 e. The summed E-state index contributed by atoms with van der Waals surface area (Å²) in [7, 11) is 4.04. The van der Waals surface area contributed by atoms with Gasteiger partial charge in [0, 0.05) is 6.54 Å². The summed E-state index contributed by atoms with van der Waals surface area (Å²) in [6, 6.07) is 23.0. The number of ether oxygens (including phenoxy) is 1. The SMILES string of the molecule is CC/C(=C(\c1ccc(O)cc1)c1ccc(OCCN(C)C)cc1)c1ccc(C(C)(O)CO)cc1. The van der Waals surface area contributed by atoms with Gasteiger partial charge in [-0.05, 0) is 85.1 Å². The summed E-state index contributed by atoms with van der Waals surface area (Å²) >= 11 is 0. The molecule has 3 aromatic rings. The van der Waals surface area contributed by atoms with Crippen LogP contribution in [-0.4, -0.2) is 54.1 Å². The van der Waals surface area contributed by atoms with Crippen molar-refractivity contribution in [2.45, 2.75) is 25.9 Å². The van der Waals surface area contributed by atoms with E-state index in [4.69, 9.17) is 4.74 Å². The van der Waals surface area contributed by atoms with Crippen molar-refractivity contribution in [2.75, 3.05) is 33.9 Å². The molecule has 0 amide bonds. The first-order valence-corrected chi connectivity index (χ1v) is 11.6. The molecule has 1 unspecified atom stereocenters. The lowest BCUT2D eigenvalue weighted by Gasteiger charge is -2.22. The van der Waals surface area contributed by atoms with Crippen molar-refractivity contribution in [3.8, 4) is 11.5 Å². The highest BCUT2D eigenvalue weighted by atomic mass is 16.5. The Morgan fingerprint density at radius 3 is 1.88 bits per heavy atom. The third kappa shape index (κ3) is 6.26. The van der Waals surface area contributed by atoms with E-state index in [1.165, 1.54) is 0 Å².